The van der Waals surface area contributed by atoms with Crippen molar-refractivity contribution in [1.82, 2.24) is 0 Å². The Morgan fingerprint density at radius 3 is 2.94 bits per heavy atom. The lowest BCUT2D eigenvalue weighted by Gasteiger charge is -2.29. The fourth-order valence-electron chi connectivity index (χ4n) is 4.12. The van der Waals surface area contributed by atoms with Gasteiger partial charge >= 0.3 is 5.63 Å². The molecule has 0 saturated carbocycles. The molecule has 2 aromatic carbocycles. The molecule has 158 valence electrons. The topological polar surface area (TPSA) is 71.6 Å². The Morgan fingerprint density at radius 2 is 2.06 bits per heavy atom. The molecule has 0 spiro atoms. The zero-order chi connectivity index (χ0) is 21.4. The van der Waals surface area contributed by atoms with Crippen LogP contribution in [0.1, 0.15) is 17.2 Å². The number of hydrogen-bond acceptors (Lipinski definition) is 6. The summed E-state index contributed by atoms with van der Waals surface area (Å²) >= 11 is 0. The van der Waals surface area contributed by atoms with E-state index in [2.05, 4.69) is 18.9 Å². The van der Waals surface area contributed by atoms with E-state index in [0.717, 1.165) is 29.7 Å². The first-order chi connectivity index (χ1) is 15.1. The van der Waals surface area contributed by atoms with Gasteiger partial charge < -0.3 is 28.3 Å². The van der Waals surface area contributed by atoms with E-state index in [9.17, 15) is 4.79 Å². The minimum absolute atomic E-state index is 0.0635. The van der Waals surface area contributed by atoms with Crippen LogP contribution in [0.2, 0.25) is 0 Å². The van der Waals surface area contributed by atoms with E-state index in [1.54, 1.807) is 19.2 Å². The third-order valence-electron chi connectivity index (χ3n) is 5.67. The second-order valence-corrected chi connectivity index (χ2v) is 7.56. The molecule has 7 heteroatoms. The van der Waals surface area contributed by atoms with Gasteiger partial charge in [0.2, 0.25) is 12.5 Å². The molecule has 0 fully saturated rings. The van der Waals surface area contributed by atoms with Crippen LogP contribution >= 0.6 is 0 Å². The molecule has 1 N–H and O–H groups in total. The highest BCUT2D eigenvalue weighted by atomic mass is 16.7. The molecule has 2 aliphatic heterocycles. The fourth-order valence-corrected chi connectivity index (χ4v) is 4.12. The molecule has 0 amide bonds. The third-order valence-corrected chi connectivity index (χ3v) is 5.67. The molecular weight excluding hydrogens is 398 g/mol. The van der Waals surface area contributed by atoms with Crippen LogP contribution < -0.4 is 29.5 Å². The maximum Gasteiger partial charge on any atom is 0.336 e. The van der Waals surface area contributed by atoms with E-state index in [1.807, 2.05) is 18.2 Å². The molecular formula is C24H22NO6+. The number of methoxy groups -OCH3 is 1. The Bertz CT molecular complexity index is 1270. The summed E-state index contributed by atoms with van der Waals surface area (Å²) in [4.78, 5) is 12.7. The molecule has 2 aliphatic rings. The molecule has 31 heavy (non-hydrogen) atoms. The summed E-state index contributed by atoms with van der Waals surface area (Å²) < 4.78 is 27.9. The van der Waals surface area contributed by atoms with Gasteiger partial charge in [-0.25, -0.2) is 4.79 Å². The summed E-state index contributed by atoms with van der Waals surface area (Å²) in [5, 5.41) is 0.841. The summed E-state index contributed by atoms with van der Waals surface area (Å²) in [6.07, 6.45) is 0.922. The molecule has 0 aliphatic carbocycles. The maximum atomic E-state index is 11.4. The SMILES string of the molecule is COc1c2c(cc3c1[C@H](C#CCOc1ccc4ccc(=O)oc4c1)[NH+](C)CC3)OCO2. The third kappa shape index (κ3) is 3.56. The first-order valence-corrected chi connectivity index (χ1v) is 10.1. The highest BCUT2D eigenvalue weighted by molar-refractivity contribution is 5.77. The predicted octanol–water partition coefficient (Wildman–Crippen LogP) is 1.72. The van der Waals surface area contributed by atoms with Crippen molar-refractivity contribution in [2.45, 2.75) is 12.5 Å². The maximum absolute atomic E-state index is 11.4. The number of rotatable bonds is 3. The van der Waals surface area contributed by atoms with Crippen molar-refractivity contribution in [2.24, 2.45) is 0 Å². The molecule has 5 rings (SSSR count). The van der Waals surface area contributed by atoms with Crippen molar-refractivity contribution in [3.05, 3.63) is 57.9 Å². The van der Waals surface area contributed by atoms with Crippen molar-refractivity contribution < 1.29 is 28.3 Å². The zero-order valence-corrected chi connectivity index (χ0v) is 17.3. The summed E-state index contributed by atoms with van der Waals surface area (Å²) in [7, 11) is 3.77. The number of likely N-dealkylation sites (N-methyl/N-ethyl adjacent to an activating group) is 1. The van der Waals surface area contributed by atoms with Crippen molar-refractivity contribution >= 4 is 11.0 Å². The van der Waals surface area contributed by atoms with Crippen molar-refractivity contribution in [2.75, 3.05) is 34.1 Å². The Hall–Kier alpha value is -3.63. The normalized spacial score (nSPS) is 18.8. The van der Waals surface area contributed by atoms with Crippen LogP contribution in [0.15, 0.2) is 45.6 Å². The Kier molecular flexibility index (Phi) is 4.92. The highest BCUT2D eigenvalue weighted by Gasteiger charge is 2.35. The molecule has 0 saturated heterocycles. The van der Waals surface area contributed by atoms with Gasteiger partial charge in [-0.1, -0.05) is 5.92 Å². The number of benzene rings is 2. The van der Waals surface area contributed by atoms with Gasteiger partial charge in [0.05, 0.1) is 26.3 Å². The van der Waals surface area contributed by atoms with Crippen molar-refractivity contribution in [1.29, 1.82) is 0 Å². The van der Waals surface area contributed by atoms with Crippen LogP contribution in [0.5, 0.6) is 23.0 Å². The number of quaternary nitrogens is 1. The number of nitrogens with one attached hydrogen (secondary N) is 1. The van der Waals surface area contributed by atoms with Crippen LogP contribution in [0.25, 0.3) is 11.0 Å². The standard InChI is InChI=1S/C24H21NO6/c1-25-10-9-16-12-20-23(30-14-29-20)24(27-2)22(16)18(25)4-3-11-28-17-7-5-15-6-8-21(26)31-19(15)13-17/h5-8,12-13,18H,9-11,14H2,1-2H3/p+1/t18-/m0/s1. The van der Waals surface area contributed by atoms with Crippen molar-refractivity contribution in [3.8, 4) is 34.8 Å². The van der Waals surface area contributed by atoms with Gasteiger partial charge in [-0.15, -0.1) is 0 Å². The molecule has 7 nitrogen and oxygen atoms in total. The summed E-state index contributed by atoms with van der Waals surface area (Å²) in [5.74, 6) is 9.17. The average molecular weight is 420 g/mol. The summed E-state index contributed by atoms with van der Waals surface area (Å²) in [6, 6.07) is 10.5. The Morgan fingerprint density at radius 1 is 1.19 bits per heavy atom. The highest BCUT2D eigenvalue weighted by Crippen LogP contribution is 2.47. The molecule has 1 aromatic heterocycles. The number of fused-ring (bicyclic) bond motifs is 3. The first-order valence-electron chi connectivity index (χ1n) is 10.1. The van der Waals surface area contributed by atoms with Gasteiger partial charge in [0.15, 0.2) is 17.5 Å². The monoisotopic (exact) mass is 420 g/mol. The van der Waals surface area contributed by atoms with E-state index in [-0.39, 0.29) is 25.1 Å². The van der Waals surface area contributed by atoms with Crippen LogP contribution in [0, 0.1) is 11.8 Å². The first kappa shape index (κ1) is 19.3. The molecule has 0 bridgehead atoms. The fraction of sp³-hybridized carbons (Fsp3) is 0.292. The quantitative estimate of drug-likeness (QED) is 0.514. The van der Waals surface area contributed by atoms with Crippen LogP contribution in [-0.2, 0) is 6.42 Å². The number of hydrogen-bond donors (Lipinski definition) is 1. The molecule has 1 unspecified atom stereocenters. The van der Waals surface area contributed by atoms with E-state index in [0.29, 0.717) is 22.8 Å². The average Bonchev–Trinajstić information content (AvgIpc) is 3.24. The van der Waals surface area contributed by atoms with E-state index < -0.39 is 0 Å². The predicted molar refractivity (Wildman–Crippen MR) is 113 cm³/mol. The van der Waals surface area contributed by atoms with Crippen LogP contribution in [0.4, 0.5) is 0 Å². The minimum atomic E-state index is -0.388. The Labute approximate surface area is 179 Å². The second-order valence-electron chi connectivity index (χ2n) is 7.56. The summed E-state index contributed by atoms with van der Waals surface area (Å²) in [5.41, 5.74) is 2.33. The van der Waals surface area contributed by atoms with E-state index >= 15 is 0 Å². The van der Waals surface area contributed by atoms with E-state index in [1.165, 1.54) is 16.5 Å². The van der Waals surface area contributed by atoms with Gasteiger partial charge in [0, 0.05) is 23.9 Å². The van der Waals surface area contributed by atoms with Crippen molar-refractivity contribution in [3.63, 3.8) is 0 Å². The van der Waals surface area contributed by atoms with Crippen LogP contribution in [0.3, 0.4) is 0 Å². The summed E-state index contributed by atoms with van der Waals surface area (Å²) in [6.45, 7) is 1.38. The van der Waals surface area contributed by atoms with Gasteiger partial charge in [-0.05, 0) is 35.7 Å². The molecule has 0 radical (unpaired) electrons. The zero-order valence-electron chi connectivity index (χ0n) is 17.3. The van der Waals surface area contributed by atoms with Gasteiger partial charge in [0.1, 0.15) is 17.9 Å². The van der Waals surface area contributed by atoms with Gasteiger partial charge in [-0.3, -0.25) is 0 Å². The van der Waals surface area contributed by atoms with Gasteiger partial charge in [0.25, 0.3) is 0 Å². The largest absolute Gasteiger partial charge is 0.492 e. The Balaban J connectivity index is 1.39. The van der Waals surface area contributed by atoms with Crippen LogP contribution in [-0.4, -0.2) is 34.1 Å². The lowest BCUT2D eigenvalue weighted by molar-refractivity contribution is -0.905. The van der Waals surface area contributed by atoms with E-state index in [4.69, 9.17) is 23.4 Å². The second kappa shape index (κ2) is 7.89. The molecule has 2 atom stereocenters. The number of ether oxygens (including phenoxy) is 4. The lowest BCUT2D eigenvalue weighted by atomic mass is 9.91. The smallest absolute Gasteiger partial charge is 0.336 e. The molecule has 3 aromatic rings. The minimum Gasteiger partial charge on any atom is -0.492 e. The molecule has 3 heterocycles. The lowest BCUT2D eigenvalue weighted by Crippen LogP contribution is -3.10. The van der Waals surface area contributed by atoms with Gasteiger partial charge in [-0.2, -0.15) is 0 Å².